The normalized spacial score (nSPS) is 19.5. The maximum atomic E-state index is 12.7. The Morgan fingerprint density at radius 2 is 1.94 bits per heavy atom. The van der Waals surface area contributed by atoms with Gasteiger partial charge in [0, 0.05) is 19.2 Å². The van der Waals surface area contributed by atoms with Gasteiger partial charge in [-0.1, -0.05) is 12.1 Å². The van der Waals surface area contributed by atoms with E-state index in [0.717, 1.165) is 38.2 Å². The van der Waals surface area contributed by atoms with Gasteiger partial charge < -0.3 is 24.6 Å². The Balaban J connectivity index is 1.54. The van der Waals surface area contributed by atoms with Gasteiger partial charge in [-0.2, -0.15) is 4.52 Å². The Labute approximate surface area is 200 Å². The van der Waals surface area contributed by atoms with Crippen molar-refractivity contribution in [2.45, 2.75) is 32.2 Å². The number of piperidine rings is 1. The zero-order chi connectivity index (χ0) is 24.7. The van der Waals surface area contributed by atoms with Gasteiger partial charge in [0.15, 0.2) is 17.4 Å². The van der Waals surface area contributed by atoms with Gasteiger partial charge in [-0.25, -0.2) is 0 Å². The summed E-state index contributed by atoms with van der Waals surface area (Å²) in [6.07, 6.45) is -2.59. The Kier molecular flexibility index (Phi) is 6.07. The molecular formula is C23H28F3N7O2. The highest BCUT2D eigenvalue weighted by atomic mass is 19.4. The number of benzene rings is 1. The van der Waals surface area contributed by atoms with E-state index < -0.39 is 6.36 Å². The summed E-state index contributed by atoms with van der Waals surface area (Å²) in [5, 5.41) is 16.8. The number of nitrogens with one attached hydrogen (secondary N) is 1. The molecule has 3 aromatic rings. The lowest BCUT2D eigenvalue weighted by molar-refractivity contribution is -0.274. The fourth-order valence-electron chi connectivity index (χ4n) is 4.51. The summed E-state index contributed by atoms with van der Waals surface area (Å²) in [5.74, 6) is 1.65. The lowest BCUT2D eigenvalue weighted by Gasteiger charge is -2.35. The van der Waals surface area contributed by atoms with Crippen LogP contribution in [0.25, 0.3) is 17.0 Å². The Morgan fingerprint density at radius 1 is 1.17 bits per heavy atom. The van der Waals surface area contributed by atoms with E-state index in [-0.39, 0.29) is 11.8 Å². The second kappa shape index (κ2) is 9.06. The van der Waals surface area contributed by atoms with Crippen LogP contribution in [0.15, 0.2) is 24.3 Å². The molecular weight excluding hydrogens is 463 g/mol. The monoisotopic (exact) mass is 491 g/mol. The van der Waals surface area contributed by atoms with Gasteiger partial charge in [-0.05, 0) is 58.0 Å². The highest BCUT2D eigenvalue weighted by Crippen LogP contribution is 2.42. The molecule has 0 amide bonds. The van der Waals surface area contributed by atoms with E-state index >= 15 is 0 Å². The molecule has 4 heterocycles. The average Bonchev–Trinajstić information content (AvgIpc) is 3.24. The summed E-state index contributed by atoms with van der Waals surface area (Å²) >= 11 is 0. The van der Waals surface area contributed by atoms with Crippen LogP contribution in [-0.2, 0) is 0 Å². The number of rotatable bonds is 5. The van der Waals surface area contributed by atoms with Crippen molar-refractivity contribution in [2.75, 3.05) is 50.6 Å². The molecule has 2 aliphatic rings. The average molecular weight is 492 g/mol. The summed E-state index contributed by atoms with van der Waals surface area (Å²) in [4.78, 5) is 4.43. The van der Waals surface area contributed by atoms with Crippen LogP contribution in [0, 0.1) is 5.92 Å². The van der Waals surface area contributed by atoms with Gasteiger partial charge in [0.05, 0.1) is 6.04 Å². The molecule has 1 N–H and O–H groups in total. The van der Waals surface area contributed by atoms with Gasteiger partial charge in [0.1, 0.15) is 18.0 Å². The number of anilines is 2. The molecule has 12 heteroatoms. The molecule has 0 bridgehead atoms. The molecule has 0 aliphatic carbocycles. The molecule has 2 aliphatic heterocycles. The van der Waals surface area contributed by atoms with Crippen LogP contribution in [0.4, 0.5) is 24.7 Å². The van der Waals surface area contributed by atoms with E-state index in [1.54, 1.807) is 6.07 Å². The van der Waals surface area contributed by atoms with Crippen LogP contribution in [-0.4, -0.2) is 77.5 Å². The fraction of sp³-hybridized carbons (Fsp3) is 0.522. The van der Waals surface area contributed by atoms with Crippen LogP contribution in [0.3, 0.4) is 0 Å². The molecule has 35 heavy (non-hydrogen) atoms. The van der Waals surface area contributed by atoms with Crippen LogP contribution >= 0.6 is 0 Å². The fourth-order valence-corrected chi connectivity index (χ4v) is 4.51. The van der Waals surface area contributed by atoms with Gasteiger partial charge in [0.2, 0.25) is 5.65 Å². The first-order valence-electron chi connectivity index (χ1n) is 11.6. The molecule has 0 radical (unpaired) electrons. The van der Waals surface area contributed by atoms with Crippen LogP contribution in [0.1, 0.15) is 19.8 Å². The van der Waals surface area contributed by atoms with Gasteiger partial charge in [-0.3, -0.25) is 0 Å². The third-order valence-electron chi connectivity index (χ3n) is 6.69. The predicted molar refractivity (Wildman–Crippen MR) is 125 cm³/mol. The summed E-state index contributed by atoms with van der Waals surface area (Å²) in [7, 11) is 4.12. The van der Waals surface area contributed by atoms with Crippen molar-refractivity contribution >= 4 is 17.2 Å². The molecule has 0 saturated carbocycles. The number of halogens is 3. The summed E-state index contributed by atoms with van der Waals surface area (Å²) in [5.41, 5.74) is 1.60. The highest BCUT2D eigenvalue weighted by molar-refractivity contribution is 5.82. The Morgan fingerprint density at radius 3 is 2.69 bits per heavy atom. The van der Waals surface area contributed by atoms with Crippen molar-refractivity contribution in [2.24, 2.45) is 5.92 Å². The molecule has 1 atom stereocenters. The molecule has 1 unspecified atom stereocenters. The topological polar surface area (TPSA) is 80.0 Å². The highest BCUT2D eigenvalue weighted by Gasteiger charge is 2.32. The first kappa shape index (κ1) is 23.5. The second-order valence-corrected chi connectivity index (χ2v) is 9.26. The minimum atomic E-state index is -4.79. The number of alkyl halides is 3. The second-order valence-electron chi connectivity index (χ2n) is 9.26. The van der Waals surface area contributed by atoms with E-state index in [1.165, 1.54) is 22.7 Å². The summed E-state index contributed by atoms with van der Waals surface area (Å²) in [6.45, 7) is 5.41. The lowest BCUT2D eigenvalue weighted by Crippen LogP contribution is -2.39. The number of hydrogen-bond acceptors (Lipinski definition) is 8. The summed E-state index contributed by atoms with van der Waals surface area (Å²) < 4.78 is 49.9. The minimum absolute atomic E-state index is 0.134. The number of likely N-dealkylation sites (N-methyl/N-ethyl adjacent to an activating group) is 1. The van der Waals surface area contributed by atoms with Crippen LogP contribution in [0.5, 0.6) is 11.5 Å². The van der Waals surface area contributed by atoms with Crippen LogP contribution in [0.2, 0.25) is 0 Å². The smallest absolute Gasteiger partial charge is 0.485 e. The number of likely N-dealkylation sites (tertiary alicyclic amines) is 1. The molecule has 1 fully saturated rings. The predicted octanol–water partition coefficient (Wildman–Crippen LogP) is 3.66. The SMILES string of the molecule is CC1COc2c(c(NCC3CCN(C)CC3)nn3c(-c4cccc(OC(F)(F)F)c4)nnc23)N1C. The maximum Gasteiger partial charge on any atom is 0.573 e. The number of hydrogen-bond donors (Lipinski definition) is 1. The van der Waals surface area contributed by atoms with E-state index in [0.29, 0.717) is 41.1 Å². The zero-order valence-electron chi connectivity index (χ0n) is 19.8. The third kappa shape index (κ3) is 4.79. The van der Waals surface area contributed by atoms with E-state index in [2.05, 4.69) is 44.0 Å². The summed E-state index contributed by atoms with van der Waals surface area (Å²) in [6, 6.07) is 5.76. The van der Waals surface area contributed by atoms with Crippen molar-refractivity contribution in [1.82, 2.24) is 24.7 Å². The number of nitrogens with zero attached hydrogens (tertiary/aromatic N) is 6. The van der Waals surface area contributed by atoms with Crippen molar-refractivity contribution in [3.8, 4) is 22.9 Å². The van der Waals surface area contributed by atoms with Gasteiger partial charge in [-0.15, -0.1) is 28.5 Å². The first-order valence-corrected chi connectivity index (χ1v) is 11.6. The quantitative estimate of drug-likeness (QED) is 0.580. The third-order valence-corrected chi connectivity index (χ3v) is 6.69. The number of aromatic nitrogens is 4. The molecule has 2 aromatic heterocycles. The van der Waals surface area contributed by atoms with Crippen molar-refractivity contribution in [1.29, 1.82) is 0 Å². The van der Waals surface area contributed by atoms with E-state index in [1.807, 2.05) is 7.05 Å². The molecule has 0 spiro atoms. The minimum Gasteiger partial charge on any atom is -0.485 e. The largest absolute Gasteiger partial charge is 0.573 e. The lowest BCUT2D eigenvalue weighted by atomic mass is 9.97. The Bertz CT molecular complexity index is 1210. The van der Waals surface area contributed by atoms with E-state index in [4.69, 9.17) is 9.84 Å². The molecule has 5 rings (SSSR count). The molecule has 188 valence electrons. The van der Waals surface area contributed by atoms with Gasteiger partial charge >= 0.3 is 6.36 Å². The molecule has 1 aromatic carbocycles. The zero-order valence-corrected chi connectivity index (χ0v) is 19.8. The van der Waals surface area contributed by atoms with Crippen LogP contribution < -0.4 is 19.7 Å². The van der Waals surface area contributed by atoms with Crippen molar-refractivity contribution in [3.05, 3.63) is 24.3 Å². The number of fused-ring (bicyclic) bond motifs is 3. The number of ether oxygens (including phenoxy) is 2. The Hall–Kier alpha value is -3.28. The van der Waals surface area contributed by atoms with Gasteiger partial charge in [0.25, 0.3) is 0 Å². The van der Waals surface area contributed by atoms with E-state index in [9.17, 15) is 13.2 Å². The van der Waals surface area contributed by atoms with Crippen molar-refractivity contribution in [3.63, 3.8) is 0 Å². The molecule has 9 nitrogen and oxygen atoms in total. The molecule has 1 saturated heterocycles. The van der Waals surface area contributed by atoms with Crippen molar-refractivity contribution < 1.29 is 22.6 Å². The maximum absolute atomic E-state index is 12.7. The standard InChI is InChI=1S/C23H28F3N7O2/c1-14-13-34-19-18(32(14)3)20(27-12-15-7-9-31(2)10-8-15)30-33-21(28-29-22(19)33)16-5-4-6-17(11-16)35-23(24,25)26/h4-6,11,14-15H,7-10,12-13H2,1-3H3,(H,27,30). The first-order chi connectivity index (χ1) is 16.7.